The second-order valence-electron chi connectivity index (χ2n) is 3.86. The number of nitrogens with zero attached hydrogens (tertiary/aromatic N) is 2. The Morgan fingerprint density at radius 3 is 3.00 bits per heavy atom. The molecule has 1 aliphatic rings. The molecule has 1 atom stereocenters. The van der Waals surface area contributed by atoms with E-state index in [1.165, 1.54) is 0 Å². The highest BCUT2D eigenvalue weighted by Crippen LogP contribution is 2.09. The molecule has 2 rings (SSSR count). The average Bonchev–Trinajstić information content (AvgIpc) is 2.84. The van der Waals surface area contributed by atoms with Crippen LogP contribution in [0.1, 0.15) is 12.8 Å². The SMILES string of the molecule is Brc1cnc(NCCCOC2CCOC2)nc1. The van der Waals surface area contributed by atoms with Crippen LogP contribution in [0.2, 0.25) is 0 Å². The first kappa shape index (κ1) is 12.7. The molecule has 5 nitrogen and oxygen atoms in total. The van der Waals surface area contributed by atoms with E-state index in [0.29, 0.717) is 12.1 Å². The lowest BCUT2D eigenvalue weighted by Gasteiger charge is -2.09. The van der Waals surface area contributed by atoms with E-state index in [1.54, 1.807) is 12.4 Å². The topological polar surface area (TPSA) is 56.3 Å². The van der Waals surface area contributed by atoms with E-state index >= 15 is 0 Å². The Kier molecular flexibility index (Phi) is 5.15. The summed E-state index contributed by atoms with van der Waals surface area (Å²) in [6, 6.07) is 0. The van der Waals surface area contributed by atoms with Gasteiger partial charge >= 0.3 is 0 Å². The Labute approximate surface area is 109 Å². The van der Waals surface area contributed by atoms with Crippen LogP contribution in [-0.2, 0) is 9.47 Å². The standard InChI is InChI=1S/C11H16BrN3O2/c12-9-6-14-11(15-7-9)13-3-1-4-17-10-2-5-16-8-10/h6-7,10H,1-5,8H2,(H,13,14,15). The third-order valence-electron chi connectivity index (χ3n) is 2.47. The third kappa shape index (κ3) is 4.57. The molecule has 0 amide bonds. The molecule has 0 spiro atoms. The van der Waals surface area contributed by atoms with Crippen molar-refractivity contribution < 1.29 is 9.47 Å². The van der Waals surface area contributed by atoms with E-state index in [4.69, 9.17) is 9.47 Å². The van der Waals surface area contributed by atoms with Crippen molar-refractivity contribution in [3.05, 3.63) is 16.9 Å². The van der Waals surface area contributed by atoms with Crippen LogP contribution >= 0.6 is 15.9 Å². The van der Waals surface area contributed by atoms with Crippen molar-refractivity contribution in [2.45, 2.75) is 18.9 Å². The van der Waals surface area contributed by atoms with Crippen LogP contribution in [0.15, 0.2) is 16.9 Å². The summed E-state index contributed by atoms with van der Waals surface area (Å²) in [7, 11) is 0. The molecular weight excluding hydrogens is 286 g/mol. The van der Waals surface area contributed by atoms with E-state index in [0.717, 1.165) is 43.7 Å². The van der Waals surface area contributed by atoms with Gasteiger partial charge in [0.15, 0.2) is 0 Å². The molecule has 2 heterocycles. The van der Waals surface area contributed by atoms with Gasteiger partial charge < -0.3 is 14.8 Å². The molecule has 1 aromatic heterocycles. The highest BCUT2D eigenvalue weighted by molar-refractivity contribution is 9.10. The number of nitrogens with one attached hydrogen (secondary N) is 1. The minimum atomic E-state index is 0.291. The van der Waals surface area contributed by atoms with Crippen LogP contribution in [0.4, 0.5) is 5.95 Å². The largest absolute Gasteiger partial charge is 0.379 e. The molecule has 0 aromatic carbocycles. The maximum Gasteiger partial charge on any atom is 0.222 e. The number of ether oxygens (including phenoxy) is 2. The Morgan fingerprint density at radius 1 is 1.47 bits per heavy atom. The van der Waals surface area contributed by atoms with Crippen molar-refractivity contribution in [3.8, 4) is 0 Å². The van der Waals surface area contributed by atoms with Gasteiger partial charge in [-0.1, -0.05) is 0 Å². The van der Waals surface area contributed by atoms with Crippen LogP contribution < -0.4 is 5.32 Å². The normalized spacial score (nSPS) is 19.5. The lowest BCUT2D eigenvalue weighted by Crippen LogP contribution is -2.15. The zero-order chi connectivity index (χ0) is 11.9. The van der Waals surface area contributed by atoms with Crippen LogP contribution in [0.5, 0.6) is 0 Å². The molecule has 1 fully saturated rings. The summed E-state index contributed by atoms with van der Waals surface area (Å²) in [6.07, 6.45) is 5.70. The van der Waals surface area contributed by atoms with E-state index in [-0.39, 0.29) is 0 Å². The van der Waals surface area contributed by atoms with Gasteiger partial charge in [0.1, 0.15) is 0 Å². The molecule has 0 aliphatic carbocycles. The fourth-order valence-corrected chi connectivity index (χ4v) is 1.78. The number of aromatic nitrogens is 2. The lowest BCUT2D eigenvalue weighted by atomic mass is 10.3. The first-order valence-electron chi connectivity index (χ1n) is 5.75. The fraction of sp³-hybridized carbons (Fsp3) is 0.636. The van der Waals surface area contributed by atoms with Gasteiger partial charge in [0.05, 0.1) is 17.2 Å². The zero-order valence-electron chi connectivity index (χ0n) is 9.56. The van der Waals surface area contributed by atoms with Gasteiger partial charge in [0.25, 0.3) is 0 Å². The molecule has 1 aromatic rings. The predicted molar refractivity (Wildman–Crippen MR) is 68.0 cm³/mol. The van der Waals surface area contributed by atoms with E-state index in [2.05, 4.69) is 31.2 Å². The summed E-state index contributed by atoms with van der Waals surface area (Å²) in [6.45, 7) is 3.13. The number of anilines is 1. The monoisotopic (exact) mass is 301 g/mol. The third-order valence-corrected chi connectivity index (χ3v) is 2.88. The van der Waals surface area contributed by atoms with Crippen molar-refractivity contribution in [2.75, 3.05) is 31.7 Å². The second-order valence-corrected chi connectivity index (χ2v) is 4.78. The molecule has 94 valence electrons. The summed E-state index contributed by atoms with van der Waals surface area (Å²) in [4.78, 5) is 8.25. The molecule has 1 saturated heterocycles. The molecule has 6 heteroatoms. The number of rotatable bonds is 6. The van der Waals surface area contributed by atoms with E-state index in [1.807, 2.05) is 0 Å². The van der Waals surface area contributed by atoms with Crippen LogP contribution in [0, 0.1) is 0 Å². The van der Waals surface area contributed by atoms with Crippen molar-refractivity contribution in [2.24, 2.45) is 0 Å². The number of hydrogen-bond donors (Lipinski definition) is 1. The van der Waals surface area contributed by atoms with Crippen LogP contribution in [0.25, 0.3) is 0 Å². The average molecular weight is 302 g/mol. The minimum absolute atomic E-state index is 0.291. The minimum Gasteiger partial charge on any atom is -0.379 e. The molecule has 0 bridgehead atoms. The van der Waals surface area contributed by atoms with Gasteiger partial charge in [-0.15, -0.1) is 0 Å². The highest BCUT2D eigenvalue weighted by atomic mass is 79.9. The quantitative estimate of drug-likeness (QED) is 0.813. The van der Waals surface area contributed by atoms with Gasteiger partial charge in [-0.25, -0.2) is 9.97 Å². The van der Waals surface area contributed by atoms with Crippen LogP contribution in [-0.4, -0.2) is 42.4 Å². The maximum atomic E-state index is 5.65. The molecule has 0 radical (unpaired) electrons. The lowest BCUT2D eigenvalue weighted by molar-refractivity contribution is 0.0427. The molecular formula is C11H16BrN3O2. The Balaban J connectivity index is 1.55. The van der Waals surface area contributed by atoms with Gasteiger partial charge in [0.2, 0.25) is 5.95 Å². The Bertz CT molecular complexity index is 328. The van der Waals surface area contributed by atoms with Gasteiger partial charge in [-0.05, 0) is 28.8 Å². The van der Waals surface area contributed by atoms with Crippen LogP contribution in [0.3, 0.4) is 0 Å². The molecule has 0 saturated carbocycles. The first-order chi connectivity index (χ1) is 8.34. The summed E-state index contributed by atoms with van der Waals surface area (Å²) >= 11 is 3.29. The Morgan fingerprint density at radius 2 is 2.29 bits per heavy atom. The van der Waals surface area contributed by atoms with E-state index < -0.39 is 0 Å². The number of halogens is 1. The second kappa shape index (κ2) is 6.88. The summed E-state index contributed by atoms with van der Waals surface area (Å²) < 4.78 is 11.8. The fourth-order valence-electron chi connectivity index (χ4n) is 1.57. The smallest absolute Gasteiger partial charge is 0.222 e. The van der Waals surface area contributed by atoms with Gasteiger partial charge in [0, 0.05) is 32.2 Å². The first-order valence-corrected chi connectivity index (χ1v) is 6.54. The van der Waals surface area contributed by atoms with Gasteiger partial charge in [-0.2, -0.15) is 0 Å². The molecule has 1 aliphatic heterocycles. The Hall–Kier alpha value is -0.720. The number of hydrogen-bond acceptors (Lipinski definition) is 5. The van der Waals surface area contributed by atoms with Crippen molar-refractivity contribution >= 4 is 21.9 Å². The van der Waals surface area contributed by atoms with Crippen molar-refractivity contribution in [1.29, 1.82) is 0 Å². The molecule has 1 unspecified atom stereocenters. The zero-order valence-corrected chi connectivity index (χ0v) is 11.1. The summed E-state index contributed by atoms with van der Waals surface area (Å²) in [5.41, 5.74) is 0. The predicted octanol–water partition coefficient (Wildman–Crippen LogP) is 1.85. The highest BCUT2D eigenvalue weighted by Gasteiger charge is 2.15. The molecule has 1 N–H and O–H groups in total. The maximum absolute atomic E-state index is 5.65. The van der Waals surface area contributed by atoms with Crippen molar-refractivity contribution in [1.82, 2.24) is 9.97 Å². The molecule has 17 heavy (non-hydrogen) atoms. The van der Waals surface area contributed by atoms with Gasteiger partial charge in [-0.3, -0.25) is 0 Å². The summed E-state index contributed by atoms with van der Waals surface area (Å²) in [5, 5.41) is 3.14. The van der Waals surface area contributed by atoms with E-state index in [9.17, 15) is 0 Å². The van der Waals surface area contributed by atoms with Crippen molar-refractivity contribution in [3.63, 3.8) is 0 Å². The summed E-state index contributed by atoms with van der Waals surface area (Å²) in [5.74, 6) is 0.650.